The van der Waals surface area contributed by atoms with E-state index < -0.39 is 11.8 Å². The Bertz CT molecular complexity index is 967. The van der Waals surface area contributed by atoms with E-state index in [1.165, 1.54) is 0 Å². The van der Waals surface area contributed by atoms with Crippen LogP contribution in [0.4, 0.5) is 0 Å². The highest BCUT2D eigenvalue weighted by Gasteiger charge is 2.15. The summed E-state index contributed by atoms with van der Waals surface area (Å²) in [6.07, 6.45) is 0. The Kier molecular flexibility index (Phi) is 4.86. The molecule has 3 aromatic rings. The fourth-order valence-corrected chi connectivity index (χ4v) is 2.66. The molecule has 0 bridgehead atoms. The Balaban J connectivity index is 1.82. The van der Waals surface area contributed by atoms with Gasteiger partial charge in [-0.25, -0.2) is 5.06 Å². The van der Waals surface area contributed by atoms with Gasteiger partial charge in [0, 0.05) is 11.1 Å². The van der Waals surface area contributed by atoms with Crippen molar-refractivity contribution in [2.45, 2.75) is 6.54 Å². The lowest BCUT2D eigenvalue weighted by Crippen LogP contribution is -2.26. The van der Waals surface area contributed by atoms with Crippen molar-refractivity contribution < 1.29 is 19.5 Å². The fourth-order valence-electron chi connectivity index (χ4n) is 2.66. The normalized spacial score (nSPS) is 10.5. The number of carbonyl (C=O) groups is 2. The van der Waals surface area contributed by atoms with Crippen molar-refractivity contribution in [3.63, 3.8) is 0 Å². The number of nitrogens with two attached hydrogens (primary N) is 1. The maximum Gasteiger partial charge on any atom is 0.277 e. The van der Waals surface area contributed by atoms with Gasteiger partial charge in [0.25, 0.3) is 5.91 Å². The van der Waals surface area contributed by atoms with E-state index >= 15 is 0 Å². The second kappa shape index (κ2) is 7.25. The summed E-state index contributed by atoms with van der Waals surface area (Å²) in [5.74, 6) is -0.372. The van der Waals surface area contributed by atoms with Crippen molar-refractivity contribution in [2.75, 3.05) is 7.11 Å². The molecule has 0 atom stereocenters. The Labute approximate surface area is 150 Å². The third-order valence-electron chi connectivity index (χ3n) is 4.10. The number of hydrogen-bond donors (Lipinski definition) is 2. The van der Waals surface area contributed by atoms with E-state index in [9.17, 15) is 14.8 Å². The SMILES string of the molecule is COc1ccc(CN(O)C(=O)c2ccc3ccc(C(N)=O)cc3c2)cc1. The predicted molar refractivity (Wildman–Crippen MR) is 97.1 cm³/mol. The van der Waals surface area contributed by atoms with Crippen molar-refractivity contribution in [3.8, 4) is 5.75 Å². The summed E-state index contributed by atoms with van der Waals surface area (Å²) >= 11 is 0. The molecule has 0 aliphatic carbocycles. The molecule has 0 aliphatic rings. The average Bonchev–Trinajstić information content (AvgIpc) is 2.67. The maximum atomic E-state index is 12.5. The Morgan fingerprint density at radius 3 is 2.19 bits per heavy atom. The highest BCUT2D eigenvalue weighted by molar-refractivity contribution is 6.01. The van der Waals surface area contributed by atoms with E-state index in [1.54, 1.807) is 67.8 Å². The average molecular weight is 350 g/mol. The number of fused-ring (bicyclic) bond motifs is 1. The monoisotopic (exact) mass is 350 g/mol. The molecule has 3 rings (SSSR count). The minimum Gasteiger partial charge on any atom is -0.497 e. The number of carbonyl (C=O) groups excluding carboxylic acids is 2. The second-order valence-corrected chi connectivity index (χ2v) is 5.85. The molecule has 0 aromatic heterocycles. The van der Waals surface area contributed by atoms with Gasteiger partial charge >= 0.3 is 0 Å². The van der Waals surface area contributed by atoms with Crippen LogP contribution in [0.15, 0.2) is 60.7 Å². The van der Waals surface area contributed by atoms with E-state index in [1.807, 2.05) is 0 Å². The van der Waals surface area contributed by atoms with Crippen LogP contribution >= 0.6 is 0 Å². The number of rotatable bonds is 5. The van der Waals surface area contributed by atoms with Crippen LogP contribution in [0.2, 0.25) is 0 Å². The van der Waals surface area contributed by atoms with Crippen molar-refractivity contribution in [1.29, 1.82) is 0 Å². The van der Waals surface area contributed by atoms with E-state index in [-0.39, 0.29) is 6.54 Å². The number of hydroxylamine groups is 2. The highest BCUT2D eigenvalue weighted by Crippen LogP contribution is 2.20. The molecule has 2 amide bonds. The van der Waals surface area contributed by atoms with Gasteiger partial charge < -0.3 is 10.5 Å². The summed E-state index contributed by atoms with van der Waals surface area (Å²) in [6.45, 7) is 0.0438. The van der Waals surface area contributed by atoms with Gasteiger partial charge in [0.05, 0.1) is 13.7 Å². The lowest BCUT2D eigenvalue weighted by atomic mass is 10.0. The zero-order chi connectivity index (χ0) is 18.7. The third-order valence-corrected chi connectivity index (χ3v) is 4.10. The predicted octanol–water partition coefficient (Wildman–Crippen LogP) is 2.98. The molecule has 0 unspecified atom stereocenters. The number of benzene rings is 3. The van der Waals surface area contributed by atoms with Crippen LogP contribution in [0.3, 0.4) is 0 Å². The van der Waals surface area contributed by atoms with Crippen molar-refractivity contribution in [1.82, 2.24) is 5.06 Å². The van der Waals surface area contributed by atoms with Crippen molar-refractivity contribution >= 4 is 22.6 Å². The lowest BCUT2D eigenvalue weighted by molar-refractivity contribution is -0.0648. The zero-order valence-corrected chi connectivity index (χ0v) is 14.2. The molecule has 3 N–H and O–H groups in total. The van der Waals surface area contributed by atoms with Gasteiger partial charge in [-0.2, -0.15) is 0 Å². The number of amides is 2. The molecule has 0 aliphatic heterocycles. The standard InChI is InChI=1S/C20H18N2O4/c1-26-18-8-2-13(3-9-18)12-22(25)20(24)16-7-5-14-4-6-15(19(21)23)10-17(14)11-16/h2-11,25H,12H2,1H3,(H2,21,23). The fraction of sp³-hybridized carbons (Fsp3) is 0.100. The summed E-state index contributed by atoms with van der Waals surface area (Å²) in [4.78, 5) is 23.8. The van der Waals surface area contributed by atoms with Gasteiger partial charge in [0.1, 0.15) is 5.75 Å². The van der Waals surface area contributed by atoms with Gasteiger partial charge in [-0.05, 0) is 52.7 Å². The molecular weight excluding hydrogens is 332 g/mol. The molecule has 6 heteroatoms. The first-order valence-corrected chi connectivity index (χ1v) is 7.95. The third kappa shape index (κ3) is 3.65. The van der Waals surface area contributed by atoms with Crippen LogP contribution < -0.4 is 10.5 Å². The summed E-state index contributed by atoms with van der Waals surface area (Å²) in [5.41, 5.74) is 6.73. The quantitative estimate of drug-likeness (QED) is 0.546. The molecule has 0 heterocycles. The Hall–Kier alpha value is -3.38. The minimum absolute atomic E-state index is 0.0438. The molecule has 26 heavy (non-hydrogen) atoms. The number of hydrogen-bond acceptors (Lipinski definition) is 4. The number of primary amides is 1. The molecule has 6 nitrogen and oxygen atoms in total. The first-order chi connectivity index (χ1) is 12.5. The van der Waals surface area contributed by atoms with Gasteiger partial charge in [-0.15, -0.1) is 0 Å². The Morgan fingerprint density at radius 1 is 0.962 bits per heavy atom. The molecule has 132 valence electrons. The molecule has 0 spiro atoms. The van der Waals surface area contributed by atoms with Crippen LogP contribution in [-0.2, 0) is 6.54 Å². The molecular formula is C20H18N2O4. The van der Waals surface area contributed by atoms with E-state index in [2.05, 4.69) is 0 Å². The van der Waals surface area contributed by atoms with Gasteiger partial charge in [0.15, 0.2) is 0 Å². The zero-order valence-electron chi connectivity index (χ0n) is 14.2. The summed E-state index contributed by atoms with van der Waals surface area (Å²) in [7, 11) is 1.57. The van der Waals surface area contributed by atoms with Crippen LogP contribution in [0.1, 0.15) is 26.3 Å². The summed E-state index contributed by atoms with van der Waals surface area (Å²) in [6, 6.07) is 17.1. The Morgan fingerprint density at radius 2 is 1.58 bits per heavy atom. The van der Waals surface area contributed by atoms with Gasteiger partial charge in [-0.1, -0.05) is 24.3 Å². The number of methoxy groups -OCH3 is 1. The number of nitrogens with zero attached hydrogens (tertiary/aromatic N) is 1. The molecule has 3 aromatic carbocycles. The van der Waals surface area contributed by atoms with Gasteiger partial charge in [-0.3, -0.25) is 14.8 Å². The van der Waals surface area contributed by atoms with Crippen molar-refractivity contribution in [2.24, 2.45) is 5.73 Å². The van der Waals surface area contributed by atoms with E-state index in [0.29, 0.717) is 27.3 Å². The first-order valence-electron chi connectivity index (χ1n) is 7.95. The second-order valence-electron chi connectivity index (χ2n) is 5.85. The summed E-state index contributed by atoms with van der Waals surface area (Å²) < 4.78 is 5.08. The smallest absolute Gasteiger partial charge is 0.277 e. The van der Waals surface area contributed by atoms with Crippen LogP contribution in [0.5, 0.6) is 5.75 Å². The highest BCUT2D eigenvalue weighted by atomic mass is 16.5. The van der Waals surface area contributed by atoms with E-state index in [4.69, 9.17) is 10.5 Å². The minimum atomic E-state index is -0.535. The lowest BCUT2D eigenvalue weighted by Gasteiger charge is -2.16. The largest absolute Gasteiger partial charge is 0.497 e. The van der Waals surface area contributed by atoms with Crippen LogP contribution in [0.25, 0.3) is 10.8 Å². The van der Waals surface area contributed by atoms with Crippen molar-refractivity contribution in [3.05, 3.63) is 77.4 Å². The molecule has 0 radical (unpaired) electrons. The maximum absolute atomic E-state index is 12.5. The van der Waals surface area contributed by atoms with Crippen LogP contribution in [0, 0.1) is 0 Å². The van der Waals surface area contributed by atoms with Gasteiger partial charge in [0.2, 0.25) is 5.91 Å². The molecule has 0 saturated carbocycles. The van der Waals surface area contributed by atoms with E-state index in [0.717, 1.165) is 10.9 Å². The topological polar surface area (TPSA) is 92.9 Å². The molecule has 0 saturated heterocycles. The van der Waals surface area contributed by atoms with Crippen LogP contribution in [-0.4, -0.2) is 29.2 Å². The summed E-state index contributed by atoms with van der Waals surface area (Å²) in [5, 5.41) is 12.4. The number of ether oxygens (including phenoxy) is 1. The molecule has 0 fully saturated rings. The first kappa shape index (κ1) is 17.4.